The van der Waals surface area contributed by atoms with Crippen molar-refractivity contribution in [1.29, 1.82) is 0 Å². The van der Waals surface area contributed by atoms with Crippen LogP contribution < -0.4 is 5.32 Å². The highest BCUT2D eigenvalue weighted by molar-refractivity contribution is 7.09. The van der Waals surface area contributed by atoms with Crippen molar-refractivity contribution in [2.45, 2.75) is 33.1 Å². The lowest BCUT2D eigenvalue weighted by Crippen LogP contribution is -1.96. The molecule has 6 heteroatoms. The molecule has 0 saturated carbocycles. The minimum atomic E-state index is 0.386. The third kappa shape index (κ3) is 2.63. The van der Waals surface area contributed by atoms with E-state index in [-0.39, 0.29) is 0 Å². The summed E-state index contributed by atoms with van der Waals surface area (Å²) in [6.45, 7) is 6.31. The van der Waals surface area contributed by atoms with Gasteiger partial charge in [-0.1, -0.05) is 20.8 Å². The second-order valence-corrected chi connectivity index (χ2v) is 5.00. The van der Waals surface area contributed by atoms with Crippen molar-refractivity contribution in [3.8, 4) is 0 Å². The maximum absolute atomic E-state index is 4.44. The summed E-state index contributed by atoms with van der Waals surface area (Å²) in [7, 11) is 1.93. The third-order valence-electron chi connectivity index (χ3n) is 2.43. The van der Waals surface area contributed by atoms with E-state index in [1.165, 1.54) is 11.5 Å². The Morgan fingerprint density at radius 3 is 2.82 bits per heavy atom. The van der Waals surface area contributed by atoms with Gasteiger partial charge < -0.3 is 5.32 Å². The zero-order valence-corrected chi connectivity index (χ0v) is 11.4. The molecule has 2 aromatic heterocycles. The Hall–Kier alpha value is -1.43. The Kier molecular flexibility index (Phi) is 3.42. The van der Waals surface area contributed by atoms with Gasteiger partial charge in [-0.25, -0.2) is 4.98 Å². The second-order valence-electron chi connectivity index (χ2n) is 4.25. The minimum absolute atomic E-state index is 0.386. The molecule has 0 spiro atoms. The van der Waals surface area contributed by atoms with Gasteiger partial charge in [0.25, 0.3) is 0 Å². The smallest absolute Gasteiger partial charge is 0.207 e. The lowest BCUT2D eigenvalue weighted by molar-refractivity contribution is 0.713. The van der Waals surface area contributed by atoms with Gasteiger partial charge in [0.2, 0.25) is 5.13 Å². The van der Waals surface area contributed by atoms with Gasteiger partial charge in [0.05, 0.1) is 11.4 Å². The highest BCUT2D eigenvalue weighted by Crippen LogP contribution is 2.26. The molecule has 0 atom stereocenters. The molecule has 0 unspecified atom stereocenters. The van der Waals surface area contributed by atoms with Crippen molar-refractivity contribution in [1.82, 2.24) is 19.1 Å². The number of hydrogen-bond donors (Lipinski definition) is 1. The van der Waals surface area contributed by atoms with E-state index in [4.69, 9.17) is 0 Å². The van der Waals surface area contributed by atoms with Crippen LogP contribution in [0.2, 0.25) is 0 Å². The number of rotatable bonds is 4. The van der Waals surface area contributed by atoms with Crippen molar-refractivity contribution in [3.05, 3.63) is 17.7 Å². The second kappa shape index (κ2) is 4.83. The van der Waals surface area contributed by atoms with E-state index in [1.54, 1.807) is 0 Å². The maximum Gasteiger partial charge on any atom is 0.207 e. The Morgan fingerprint density at radius 2 is 2.24 bits per heavy atom. The third-order valence-corrected chi connectivity index (χ3v) is 3.10. The first-order valence-electron chi connectivity index (χ1n) is 5.73. The summed E-state index contributed by atoms with van der Waals surface area (Å²) in [5.41, 5.74) is 2.07. The van der Waals surface area contributed by atoms with E-state index in [2.05, 4.69) is 40.5 Å². The van der Waals surface area contributed by atoms with E-state index < -0.39 is 0 Å². The van der Waals surface area contributed by atoms with Crippen LogP contribution in [0.1, 0.15) is 38.2 Å². The molecular formula is C11H17N5S. The van der Waals surface area contributed by atoms with Crippen molar-refractivity contribution >= 4 is 22.4 Å². The number of anilines is 2. The van der Waals surface area contributed by atoms with Gasteiger partial charge in [-0.05, 0) is 5.92 Å². The molecule has 1 N–H and O–H groups in total. The molecule has 0 aliphatic heterocycles. The molecule has 5 nitrogen and oxygen atoms in total. The predicted molar refractivity (Wildman–Crippen MR) is 69.9 cm³/mol. The van der Waals surface area contributed by atoms with Crippen LogP contribution in [-0.2, 0) is 13.5 Å². The van der Waals surface area contributed by atoms with Crippen molar-refractivity contribution < 1.29 is 0 Å². The van der Waals surface area contributed by atoms with E-state index in [0.29, 0.717) is 5.92 Å². The molecule has 0 fully saturated rings. The van der Waals surface area contributed by atoms with E-state index in [0.717, 1.165) is 28.8 Å². The molecule has 0 bridgehead atoms. The average molecular weight is 251 g/mol. The van der Waals surface area contributed by atoms with E-state index in [1.807, 2.05) is 17.9 Å². The van der Waals surface area contributed by atoms with E-state index >= 15 is 0 Å². The maximum atomic E-state index is 4.44. The number of aryl methyl sites for hydroxylation is 2. The fourth-order valence-electron chi connectivity index (χ4n) is 1.59. The van der Waals surface area contributed by atoms with Gasteiger partial charge in [0.15, 0.2) is 0 Å². The Morgan fingerprint density at radius 1 is 1.47 bits per heavy atom. The molecule has 0 radical (unpaired) electrons. The summed E-state index contributed by atoms with van der Waals surface area (Å²) < 4.78 is 6.07. The Bertz CT molecular complexity index is 500. The van der Waals surface area contributed by atoms with Crippen molar-refractivity contribution in [3.63, 3.8) is 0 Å². The lowest BCUT2D eigenvalue weighted by Gasteiger charge is -2.04. The summed E-state index contributed by atoms with van der Waals surface area (Å²) in [5.74, 6) is 1.27. The molecule has 0 aliphatic rings. The zero-order chi connectivity index (χ0) is 12.4. The topological polar surface area (TPSA) is 55.6 Å². The summed E-state index contributed by atoms with van der Waals surface area (Å²) in [6.07, 6.45) is 2.84. The predicted octanol–water partition coefficient (Wildman–Crippen LogP) is 2.70. The number of aromatic nitrogens is 4. The first kappa shape index (κ1) is 12.0. The fourth-order valence-corrected chi connectivity index (χ4v) is 2.26. The first-order valence-corrected chi connectivity index (χ1v) is 6.50. The van der Waals surface area contributed by atoms with Gasteiger partial charge >= 0.3 is 0 Å². The zero-order valence-electron chi connectivity index (χ0n) is 10.6. The SMILES string of the molecule is CCc1nsc(Nc2cn(C)nc2C(C)C)n1. The van der Waals surface area contributed by atoms with Crippen LogP contribution in [0.15, 0.2) is 6.20 Å². The minimum Gasteiger partial charge on any atom is -0.327 e. The number of nitrogens with one attached hydrogen (secondary N) is 1. The van der Waals surface area contributed by atoms with Gasteiger partial charge in [-0.3, -0.25) is 4.68 Å². The molecule has 17 heavy (non-hydrogen) atoms. The summed E-state index contributed by atoms with van der Waals surface area (Å²) in [4.78, 5) is 4.39. The monoisotopic (exact) mass is 251 g/mol. The molecule has 0 saturated heterocycles. The standard InChI is InChI=1S/C11H17N5S/c1-5-9-13-11(17-15-9)12-8-6-16(4)14-10(8)7(2)3/h6-7H,5H2,1-4H3,(H,12,13,15). The highest BCUT2D eigenvalue weighted by Gasteiger charge is 2.13. The summed E-state index contributed by atoms with van der Waals surface area (Å²) >= 11 is 1.39. The van der Waals surface area contributed by atoms with Gasteiger partial charge in [-0.2, -0.15) is 9.47 Å². The van der Waals surface area contributed by atoms with Gasteiger partial charge in [0, 0.05) is 31.2 Å². The van der Waals surface area contributed by atoms with Crippen LogP contribution in [0.5, 0.6) is 0 Å². The molecule has 2 heterocycles. The van der Waals surface area contributed by atoms with Crippen LogP contribution in [0.4, 0.5) is 10.8 Å². The quantitative estimate of drug-likeness (QED) is 0.907. The fraction of sp³-hybridized carbons (Fsp3) is 0.545. The van der Waals surface area contributed by atoms with Crippen LogP contribution in [0.3, 0.4) is 0 Å². The molecular weight excluding hydrogens is 234 g/mol. The molecule has 2 rings (SSSR count). The van der Waals surface area contributed by atoms with Crippen molar-refractivity contribution in [2.24, 2.45) is 7.05 Å². The number of nitrogens with zero attached hydrogens (tertiary/aromatic N) is 4. The number of hydrogen-bond acceptors (Lipinski definition) is 5. The van der Waals surface area contributed by atoms with Crippen LogP contribution >= 0.6 is 11.5 Å². The summed E-state index contributed by atoms with van der Waals surface area (Å²) in [6, 6.07) is 0. The summed E-state index contributed by atoms with van der Waals surface area (Å²) in [5, 5.41) is 8.57. The van der Waals surface area contributed by atoms with Crippen molar-refractivity contribution in [2.75, 3.05) is 5.32 Å². The molecule has 0 aromatic carbocycles. The molecule has 0 aliphatic carbocycles. The average Bonchev–Trinajstić information content (AvgIpc) is 2.85. The van der Waals surface area contributed by atoms with Crippen LogP contribution in [-0.4, -0.2) is 19.1 Å². The lowest BCUT2D eigenvalue weighted by atomic mass is 10.1. The Balaban J connectivity index is 2.23. The molecule has 2 aromatic rings. The van der Waals surface area contributed by atoms with Crippen LogP contribution in [0.25, 0.3) is 0 Å². The highest BCUT2D eigenvalue weighted by atomic mass is 32.1. The molecule has 92 valence electrons. The molecule has 0 amide bonds. The van der Waals surface area contributed by atoms with Crippen LogP contribution in [0, 0.1) is 0 Å². The largest absolute Gasteiger partial charge is 0.327 e. The van der Waals surface area contributed by atoms with Gasteiger partial charge in [-0.15, -0.1) is 0 Å². The Labute approximate surface area is 105 Å². The first-order chi connectivity index (χ1) is 8.10. The normalized spacial score (nSPS) is 11.1. The van der Waals surface area contributed by atoms with Gasteiger partial charge in [0.1, 0.15) is 5.82 Å². The van der Waals surface area contributed by atoms with E-state index in [9.17, 15) is 0 Å².